The number of rotatable bonds is 5. The molecule has 3 heterocycles. The lowest BCUT2D eigenvalue weighted by Gasteiger charge is -2.29. The zero-order valence-electron chi connectivity index (χ0n) is 23.2. The summed E-state index contributed by atoms with van der Waals surface area (Å²) in [6.45, 7) is 19.6. The molecule has 0 saturated heterocycles. The van der Waals surface area contributed by atoms with E-state index in [2.05, 4.69) is 47.3 Å². The van der Waals surface area contributed by atoms with Gasteiger partial charge in [-0.25, -0.2) is 14.8 Å². The normalized spacial score (nSPS) is 15.0. The van der Waals surface area contributed by atoms with Crippen molar-refractivity contribution in [2.24, 2.45) is 15.7 Å². The minimum absolute atomic E-state index is 0.105. The van der Waals surface area contributed by atoms with Crippen LogP contribution in [0.15, 0.2) is 76.4 Å². The lowest BCUT2D eigenvalue weighted by Crippen LogP contribution is -2.38. The van der Waals surface area contributed by atoms with Gasteiger partial charge in [0.1, 0.15) is 17.5 Å². The second-order valence-electron chi connectivity index (χ2n) is 9.30. The number of amidine groups is 1. The molecule has 1 amide bonds. The Kier molecular flexibility index (Phi) is 12.0. The van der Waals surface area contributed by atoms with Gasteiger partial charge in [0.2, 0.25) is 0 Å². The molecule has 202 valence electrons. The first-order valence-electron chi connectivity index (χ1n) is 12.0. The van der Waals surface area contributed by atoms with Gasteiger partial charge in [-0.15, -0.1) is 0 Å². The Labute approximate surface area is 220 Å². The van der Waals surface area contributed by atoms with Gasteiger partial charge >= 0.3 is 5.69 Å². The fourth-order valence-corrected chi connectivity index (χ4v) is 2.97. The van der Waals surface area contributed by atoms with Crippen LogP contribution in [0.5, 0.6) is 0 Å². The summed E-state index contributed by atoms with van der Waals surface area (Å²) in [5, 5.41) is 2.62. The van der Waals surface area contributed by atoms with Crippen LogP contribution in [0.1, 0.15) is 47.6 Å². The van der Waals surface area contributed by atoms with Crippen LogP contribution >= 0.6 is 0 Å². The van der Waals surface area contributed by atoms with E-state index in [9.17, 15) is 9.59 Å². The average Bonchev–Trinajstić information content (AvgIpc) is 2.77. The molecule has 3 N–H and O–H groups in total. The van der Waals surface area contributed by atoms with Crippen molar-refractivity contribution in [2.75, 3.05) is 14.1 Å². The summed E-state index contributed by atoms with van der Waals surface area (Å²) in [5.74, 6) is 2.21. The largest absolute Gasteiger partial charge is 0.384 e. The van der Waals surface area contributed by atoms with Crippen LogP contribution in [0.2, 0.25) is 0 Å². The number of hydrogen-bond donors (Lipinski definition) is 2. The van der Waals surface area contributed by atoms with Gasteiger partial charge in [-0.3, -0.25) is 9.36 Å². The molecule has 0 saturated carbocycles. The van der Waals surface area contributed by atoms with Crippen LogP contribution in [0.3, 0.4) is 0 Å². The lowest BCUT2D eigenvalue weighted by atomic mass is 10.3. The van der Waals surface area contributed by atoms with Crippen molar-refractivity contribution in [1.29, 1.82) is 0 Å². The Hall–Kier alpha value is -4.15. The molecule has 1 aromatic heterocycles. The van der Waals surface area contributed by atoms with Crippen molar-refractivity contribution >= 4 is 23.9 Å². The molecule has 0 spiro atoms. The molecule has 0 bridgehead atoms. The van der Waals surface area contributed by atoms with Gasteiger partial charge in [0.05, 0.1) is 6.34 Å². The third-order valence-electron chi connectivity index (χ3n) is 4.83. The molecular weight excluding hydrogens is 470 g/mol. The van der Waals surface area contributed by atoms with Gasteiger partial charge in [-0.1, -0.05) is 13.2 Å². The highest BCUT2D eigenvalue weighted by atomic mass is 16.2. The van der Waals surface area contributed by atoms with E-state index in [1.54, 1.807) is 40.3 Å². The van der Waals surface area contributed by atoms with Crippen molar-refractivity contribution in [3.05, 3.63) is 72.1 Å². The Balaban J connectivity index is 0.000000283. The highest BCUT2D eigenvalue weighted by molar-refractivity contribution is 5.92. The van der Waals surface area contributed by atoms with Gasteiger partial charge < -0.3 is 25.8 Å². The fourth-order valence-electron chi connectivity index (χ4n) is 2.97. The van der Waals surface area contributed by atoms with E-state index in [1.165, 1.54) is 6.08 Å². The van der Waals surface area contributed by atoms with Gasteiger partial charge in [0, 0.05) is 56.9 Å². The summed E-state index contributed by atoms with van der Waals surface area (Å²) in [6, 6.07) is 2.56. The number of hydrogen-bond acceptors (Lipinski definition) is 8. The van der Waals surface area contributed by atoms with Crippen molar-refractivity contribution in [1.82, 2.24) is 29.6 Å². The summed E-state index contributed by atoms with van der Waals surface area (Å²) < 4.78 is 1.56. The van der Waals surface area contributed by atoms with Crippen LogP contribution in [-0.4, -0.2) is 68.5 Å². The molecule has 2 aliphatic heterocycles. The van der Waals surface area contributed by atoms with Gasteiger partial charge in [-0.2, -0.15) is 4.98 Å². The highest BCUT2D eigenvalue weighted by Gasteiger charge is 2.14. The van der Waals surface area contributed by atoms with E-state index in [0.29, 0.717) is 35.4 Å². The topological polar surface area (TPSA) is 124 Å². The summed E-state index contributed by atoms with van der Waals surface area (Å²) in [6.07, 6.45) is 10.2. The van der Waals surface area contributed by atoms with Gasteiger partial charge in [0.15, 0.2) is 5.82 Å². The minimum atomic E-state index is -0.265. The maximum absolute atomic E-state index is 11.5. The van der Waals surface area contributed by atoms with E-state index >= 15 is 0 Å². The number of nitrogens with two attached hydrogens (primary N) is 1. The molecule has 0 radical (unpaired) electrons. The van der Waals surface area contributed by atoms with Crippen molar-refractivity contribution in [2.45, 2.75) is 59.7 Å². The Morgan fingerprint density at radius 3 is 2.05 bits per heavy atom. The number of amides is 1. The molecule has 1 aromatic rings. The highest BCUT2D eigenvalue weighted by Crippen LogP contribution is 2.13. The SMILES string of the molecule is C=C1N=C(N)C=CN1C(C)C.C=C1NC(=O)C=CN1C(C)C.CC(C)n1ccc(N=CN(C)C)nc1=O. The van der Waals surface area contributed by atoms with E-state index in [1.807, 2.05) is 57.8 Å². The zero-order valence-corrected chi connectivity index (χ0v) is 23.2. The molecule has 11 heteroatoms. The number of nitrogens with one attached hydrogen (secondary N) is 1. The number of aromatic nitrogens is 2. The standard InChI is InChI=1S/C10H16N4O.C8H13N3.C8H12N2O/c1-8(2)14-6-5-9(12-10(14)15)11-7-13(3)4;1-6(2)11-5-4-8(9)10-7(11)3;1-6(2)10-5-4-8(11)9-7(10)3/h5-8H,1-4H3;4-6H,3H2,1-2H3,(H2,9,10);4-6H,3H2,1-2H3,(H,9,11). The third kappa shape index (κ3) is 10.6. The molecule has 0 aliphatic carbocycles. The van der Waals surface area contributed by atoms with Crippen LogP contribution in [-0.2, 0) is 4.79 Å². The second-order valence-corrected chi connectivity index (χ2v) is 9.30. The third-order valence-corrected chi connectivity index (χ3v) is 4.83. The fraction of sp³-hybridized carbons (Fsp3) is 0.423. The molecular formula is C26H41N9O2. The molecule has 2 aliphatic rings. The Morgan fingerprint density at radius 2 is 1.59 bits per heavy atom. The monoisotopic (exact) mass is 511 g/mol. The Bertz CT molecular complexity index is 1120. The van der Waals surface area contributed by atoms with E-state index in [0.717, 1.165) is 0 Å². The van der Waals surface area contributed by atoms with Gasteiger partial charge in [0.25, 0.3) is 5.91 Å². The average molecular weight is 512 g/mol. The first kappa shape index (κ1) is 30.9. The van der Waals surface area contributed by atoms with E-state index < -0.39 is 0 Å². The van der Waals surface area contributed by atoms with Gasteiger partial charge in [-0.05, 0) is 53.7 Å². The van der Waals surface area contributed by atoms with E-state index in [-0.39, 0.29) is 17.6 Å². The number of nitrogens with zero attached hydrogens (tertiary/aromatic N) is 7. The Morgan fingerprint density at radius 1 is 1.00 bits per heavy atom. The summed E-state index contributed by atoms with van der Waals surface area (Å²) in [7, 11) is 3.72. The number of carbonyl (C=O) groups excluding carboxylic acids is 1. The first-order chi connectivity index (χ1) is 17.2. The number of carbonyl (C=O) groups is 1. The maximum atomic E-state index is 11.5. The summed E-state index contributed by atoms with van der Waals surface area (Å²) >= 11 is 0. The molecule has 3 rings (SSSR count). The minimum Gasteiger partial charge on any atom is -0.384 e. The number of aliphatic imine (C=N–C) groups is 2. The predicted molar refractivity (Wildman–Crippen MR) is 151 cm³/mol. The molecule has 0 atom stereocenters. The van der Waals surface area contributed by atoms with Crippen LogP contribution in [0.25, 0.3) is 0 Å². The first-order valence-corrected chi connectivity index (χ1v) is 12.0. The molecule has 0 fully saturated rings. The summed E-state index contributed by atoms with van der Waals surface area (Å²) in [5.41, 5.74) is 5.20. The van der Waals surface area contributed by atoms with E-state index in [4.69, 9.17) is 5.73 Å². The molecule has 0 unspecified atom stereocenters. The van der Waals surface area contributed by atoms with Crippen LogP contribution in [0, 0.1) is 0 Å². The molecule has 37 heavy (non-hydrogen) atoms. The van der Waals surface area contributed by atoms with Crippen LogP contribution in [0.4, 0.5) is 5.82 Å². The zero-order chi connectivity index (χ0) is 28.3. The molecule has 0 aromatic carbocycles. The summed E-state index contributed by atoms with van der Waals surface area (Å²) in [4.78, 5) is 39.8. The molecule has 11 nitrogen and oxygen atoms in total. The van der Waals surface area contributed by atoms with Crippen molar-refractivity contribution in [3.63, 3.8) is 0 Å². The quantitative estimate of drug-likeness (QED) is 0.460. The second kappa shape index (κ2) is 14.4. The predicted octanol–water partition coefficient (Wildman–Crippen LogP) is 2.91. The van der Waals surface area contributed by atoms with Crippen molar-refractivity contribution < 1.29 is 4.79 Å². The smallest absolute Gasteiger partial charge is 0.349 e. The maximum Gasteiger partial charge on any atom is 0.349 e. The lowest BCUT2D eigenvalue weighted by molar-refractivity contribution is -0.116. The van der Waals surface area contributed by atoms with Crippen LogP contribution < -0.4 is 16.7 Å². The van der Waals surface area contributed by atoms with Crippen molar-refractivity contribution in [3.8, 4) is 0 Å².